The van der Waals surface area contributed by atoms with Crippen molar-refractivity contribution in [3.8, 4) is 17.6 Å². The Morgan fingerprint density at radius 3 is 2.77 bits per heavy atom. The van der Waals surface area contributed by atoms with E-state index in [-0.39, 0.29) is 37.1 Å². The van der Waals surface area contributed by atoms with E-state index in [9.17, 15) is 9.18 Å². The molecule has 30 heavy (non-hydrogen) atoms. The lowest BCUT2D eigenvalue weighted by Crippen LogP contribution is -2.41. The molecule has 0 saturated carbocycles. The SMILES string of the molecule is COc1ccc([C@@H]2CCCN2CC(=O)N(CCC#N)c2ccccc2F)c(OC)c1. The molecule has 1 fully saturated rings. The Bertz CT molecular complexity index is 928. The summed E-state index contributed by atoms with van der Waals surface area (Å²) in [4.78, 5) is 16.6. The Hall–Kier alpha value is -3.11. The highest BCUT2D eigenvalue weighted by Crippen LogP contribution is 2.38. The number of halogens is 1. The first-order chi connectivity index (χ1) is 14.6. The number of hydrogen-bond donors (Lipinski definition) is 0. The van der Waals surface area contributed by atoms with Gasteiger partial charge in [-0.05, 0) is 37.6 Å². The molecule has 0 aliphatic carbocycles. The molecule has 158 valence electrons. The van der Waals surface area contributed by atoms with Gasteiger partial charge in [0.15, 0.2) is 0 Å². The van der Waals surface area contributed by atoms with Crippen molar-refractivity contribution in [2.24, 2.45) is 0 Å². The van der Waals surface area contributed by atoms with Gasteiger partial charge in [0.05, 0.1) is 38.9 Å². The number of carbonyl (C=O) groups excluding carboxylic acids is 1. The summed E-state index contributed by atoms with van der Waals surface area (Å²) in [5.41, 5.74) is 1.20. The fourth-order valence-electron chi connectivity index (χ4n) is 3.93. The average molecular weight is 411 g/mol. The number of para-hydroxylation sites is 1. The van der Waals surface area contributed by atoms with Crippen LogP contribution in [0.25, 0.3) is 0 Å². The standard InChI is InChI=1S/C23H26FN3O3/c1-29-17-10-11-18(22(15-17)30-2)20-9-5-13-26(20)16-23(28)27(14-6-12-25)21-8-4-3-7-19(21)24/h3-4,7-8,10-11,15,20H,5-6,9,13-14,16H2,1-2H3/t20-/m0/s1. The first-order valence-corrected chi connectivity index (χ1v) is 9.96. The molecule has 0 N–H and O–H groups in total. The summed E-state index contributed by atoms with van der Waals surface area (Å²) >= 11 is 0. The molecule has 0 aromatic heterocycles. The van der Waals surface area contributed by atoms with Crippen molar-refractivity contribution in [3.05, 3.63) is 53.8 Å². The maximum atomic E-state index is 14.3. The quantitative estimate of drug-likeness (QED) is 0.659. The van der Waals surface area contributed by atoms with Crippen LogP contribution < -0.4 is 14.4 Å². The normalized spacial score (nSPS) is 16.1. The summed E-state index contributed by atoms with van der Waals surface area (Å²) < 4.78 is 25.2. The minimum atomic E-state index is -0.474. The van der Waals surface area contributed by atoms with E-state index in [4.69, 9.17) is 14.7 Å². The Kier molecular flexibility index (Phi) is 7.26. The number of likely N-dealkylation sites (tertiary alicyclic amines) is 1. The third kappa shape index (κ3) is 4.71. The number of ether oxygens (including phenoxy) is 2. The molecule has 2 aromatic carbocycles. The van der Waals surface area contributed by atoms with Gasteiger partial charge < -0.3 is 14.4 Å². The van der Waals surface area contributed by atoms with Crippen LogP contribution >= 0.6 is 0 Å². The Morgan fingerprint density at radius 1 is 1.27 bits per heavy atom. The third-order valence-corrected chi connectivity index (χ3v) is 5.39. The number of nitrogens with zero attached hydrogens (tertiary/aromatic N) is 3. The molecule has 0 spiro atoms. The van der Waals surface area contributed by atoms with Crippen molar-refractivity contribution < 1.29 is 18.7 Å². The minimum Gasteiger partial charge on any atom is -0.497 e. The lowest BCUT2D eigenvalue weighted by Gasteiger charge is -2.29. The number of hydrogen-bond acceptors (Lipinski definition) is 5. The zero-order valence-corrected chi connectivity index (χ0v) is 17.3. The number of rotatable bonds is 8. The summed E-state index contributed by atoms with van der Waals surface area (Å²) in [7, 11) is 3.22. The second-order valence-corrected chi connectivity index (χ2v) is 7.14. The topological polar surface area (TPSA) is 65.8 Å². The predicted molar refractivity (Wildman–Crippen MR) is 112 cm³/mol. The largest absolute Gasteiger partial charge is 0.497 e. The number of methoxy groups -OCH3 is 2. The first-order valence-electron chi connectivity index (χ1n) is 9.96. The summed E-state index contributed by atoms with van der Waals surface area (Å²) in [6.45, 7) is 1.05. The van der Waals surface area contributed by atoms with Crippen LogP contribution in [0.2, 0.25) is 0 Å². The molecule has 0 bridgehead atoms. The van der Waals surface area contributed by atoms with E-state index in [0.29, 0.717) is 11.5 Å². The van der Waals surface area contributed by atoms with Gasteiger partial charge in [0.1, 0.15) is 17.3 Å². The maximum absolute atomic E-state index is 14.3. The van der Waals surface area contributed by atoms with Crippen LogP contribution in [0.3, 0.4) is 0 Å². The van der Waals surface area contributed by atoms with Gasteiger partial charge in [0, 0.05) is 24.2 Å². The van der Waals surface area contributed by atoms with Gasteiger partial charge >= 0.3 is 0 Å². The molecule has 0 radical (unpaired) electrons. The van der Waals surface area contributed by atoms with Gasteiger partial charge in [-0.15, -0.1) is 0 Å². The molecule has 0 unspecified atom stereocenters. The van der Waals surface area contributed by atoms with Gasteiger partial charge in [-0.3, -0.25) is 9.69 Å². The van der Waals surface area contributed by atoms with Crippen LogP contribution in [-0.4, -0.2) is 44.7 Å². The summed E-state index contributed by atoms with van der Waals surface area (Å²) in [6, 6.07) is 13.9. The zero-order valence-electron chi connectivity index (χ0n) is 17.3. The number of amides is 1. The van der Waals surface area contributed by atoms with Crippen LogP contribution in [0.4, 0.5) is 10.1 Å². The van der Waals surface area contributed by atoms with Crippen LogP contribution in [0.1, 0.15) is 30.9 Å². The van der Waals surface area contributed by atoms with Crippen LogP contribution in [-0.2, 0) is 4.79 Å². The predicted octanol–water partition coefficient (Wildman–Crippen LogP) is 3.93. The second kappa shape index (κ2) is 10.1. The molecule has 1 atom stereocenters. The fraction of sp³-hybridized carbons (Fsp3) is 0.391. The molecule has 1 aliphatic heterocycles. The van der Waals surface area contributed by atoms with Crippen molar-refractivity contribution >= 4 is 11.6 Å². The summed E-state index contributed by atoms with van der Waals surface area (Å²) in [5, 5.41) is 8.97. The molecule has 1 aliphatic rings. The van der Waals surface area contributed by atoms with Crippen LogP contribution in [0, 0.1) is 17.1 Å². The van der Waals surface area contributed by atoms with Crippen molar-refractivity contribution in [1.82, 2.24) is 4.90 Å². The minimum absolute atomic E-state index is 0.0215. The van der Waals surface area contributed by atoms with Gasteiger partial charge in [0.2, 0.25) is 5.91 Å². The van der Waals surface area contributed by atoms with Crippen molar-refractivity contribution in [2.75, 3.05) is 38.8 Å². The Balaban J connectivity index is 1.82. The number of carbonyl (C=O) groups is 1. The highest BCUT2D eigenvalue weighted by atomic mass is 19.1. The highest BCUT2D eigenvalue weighted by Gasteiger charge is 2.31. The van der Waals surface area contributed by atoms with Crippen molar-refractivity contribution in [3.63, 3.8) is 0 Å². The third-order valence-electron chi connectivity index (χ3n) is 5.39. The molecule has 1 heterocycles. The molecule has 2 aromatic rings. The summed E-state index contributed by atoms with van der Waals surface area (Å²) in [5.74, 6) is 0.723. The lowest BCUT2D eigenvalue weighted by molar-refractivity contribution is -0.120. The van der Waals surface area contributed by atoms with E-state index >= 15 is 0 Å². The van der Waals surface area contributed by atoms with Gasteiger partial charge in [-0.1, -0.05) is 18.2 Å². The van der Waals surface area contributed by atoms with Crippen LogP contribution in [0.15, 0.2) is 42.5 Å². The molecule has 3 rings (SSSR count). The summed E-state index contributed by atoms with van der Waals surface area (Å²) in [6.07, 6.45) is 1.98. The van der Waals surface area contributed by atoms with E-state index in [1.54, 1.807) is 32.4 Å². The van der Waals surface area contributed by atoms with Crippen molar-refractivity contribution in [2.45, 2.75) is 25.3 Å². The molecular formula is C23H26FN3O3. The van der Waals surface area contributed by atoms with Crippen LogP contribution in [0.5, 0.6) is 11.5 Å². The molecule has 6 nitrogen and oxygen atoms in total. The van der Waals surface area contributed by atoms with Gasteiger partial charge in [-0.25, -0.2) is 4.39 Å². The van der Waals surface area contributed by atoms with Gasteiger partial charge in [0.25, 0.3) is 0 Å². The lowest BCUT2D eigenvalue weighted by atomic mass is 10.0. The Labute approximate surface area is 176 Å². The molecule has 7 heteroatoms. The van der Waals surface area contributed by atoms with Gasteiger partial charge in [-0.2, -0.15) is 5.26 Å². The van der Waals surface area contributed by atoms with E-state index < -0.39 is 5.82 Å². The second-order valence-electron chi connectivity index (χ2n) is 7.14. The first kappa shape index (κ1) is 21.6. The zero-order chi connectivity index (χ0) is 21.5. The monoisotopic (exact) mass is 411 g/mol. The van der Waals surface area contributed by atoms with E-state index in [2.05, 4.69) is 4.90 Å². The molecule has 1 amide bonds. The fourth-order valence-corrected chi connectivity index (χ4v) is 3.93. The number of benzene rings is 2. The van der Waals surface area contributed by atoms with Crippen molar-refractivity contribution in [1.29, 1.82) is 5.26 Å². The smallest absolute Gasteiger partial charge is 0.241 e. The molecular weight excluding hydrogens is 385 g/mol. The maximum Gasteiger partial charge on any atom is 0.241 e. The highest BCUT2D eigenvalue weighted by molar-refractivity contribution is 5.95. The number of anilines is 1. The average Bonchev–Trinajstić information content (AvgIpc) is 3.22. The van der Waals surface area contributed by atoms with E-state index in [0.717, 1.165) is 24.9 Å². The van der Waals surface area contributed by atoms with E-state index in [1.807, 2.05) is 24.3 Å². The number of nitriles is 1. The van der Waals surface area contributed by atoms with E-state index in [1.165, 1.54) is 11.0 Å². The molecule has 1 saturated heterocycles. The Morgan fingerprint density at radius 2 is 2.07 bits per heavy atom.